The van der Waals surface area contributed by atoms with Gasteiger partial charge in [-0.2, -0.15) is 0 Å². The molecule has 106 valence electrons. The van der Waals surface area contributed by atoms with E-state index in [1.165, 1.54) is 12.1 Å². The number of hydrogen-bond donors (Lipinski definition) is 1. The summed E-state index contributed by atoms with van der Waals surface area (Å²) >= 11 is 0. The third-order valence-electron chi connectivity index (χ3n) is 3.86. The lowest BCUT2D eigenvalue weighted by Gasteiger charge is -2.10. The second kappa shape index (κ2) is 4.11. The Kier molecular flexibility index (Phi) is 2.33. The van der Waals surface area contributed by atoms with E-state index in [0.717, 1.165) is 6.08 Å². The summed E-state index contributed by atoms with van der Waals surface area (Å²) in [6.07, 6.45) is 2.35. The molecule has 0 unspecified atom stereocenters. The fraction of sp³-hybridized carbons (Fsp3) is 0. The van der Waals surface area contributed by atoms with E-state index in [1.54, 1.807) is 24.3 Å². The zero-order chi connectivity index (χ0) is 15.4. The average Bonchev–Trinajstić information content (AvgIpc) is 2.89. The van der Waals surface area contributed by atoms with Gasteiger partial charge >= 0.3 is 0 Å². The van der Waals surface area contributed by atoms with Crippen LogP contribution in [0.25, 0.3) is 21.8 Å². The van der Waals surface area contributed by atoms with Gasteiger partial charge in [-0.05, 0) is 18.2 Å². The van der Waals surface area contributed by atoms with E-state index in [-0.39, 0.29) is 28.1 Å². The minimum absolute atomic E-state index is 0.0800. The molecule has 3 aromatic rings. The van der Waals surface area contributed by atoms with Crippen LogP contribution < -0.4 is 0 Å². The SMILES string of the molecule is O=C1C=CC(=O)c2c1cc([N+](=O)[O-])c1[nH]c3ccccc3c21. The van der Waals surface area contributed by atoms with Crippen LogP contribution in [0, 0.1) is 10.1 Å². The largest absolute Gasteiger partial charge is 0.349 e. The van der Waals surface area contributed by atoms with Crippen LogP contribution in [0.1, 0.15) is 20.7 Å². The summed E-state index contributed by atoms with van der Waals surface area (Å²) in [7, 11) is 0. The zero-order valence-electron chi connectivity index (χ0n) is 11.1. The van der Waals surface area contributed by atoms with Crippen molar-refractivity contribution in [3.8, 4) is 0 Å². The molecule has 4 rings (SSSR count). The van der Waals surface area contributed by atoms with Crippen LogP contribution in [0.15, 0.2) is 42.5 Å². The summed E-state index contributed by atoms with van der Waals surface area (Å²) in [6, 6.07) is 8.30. The molecule has 0 atom stereocenters. The number of nitro benzene ring substituents is 1. The fourth-order valence-corrected chi connectivity index (χ4v) is 2.93. The molecule has 6 heteroatoms. The number of carbonyl (C=O) groups excluding carboxylic acids is 2. The number of fused-ring (bicyclic) bond motifs is 5. The van der Waals surface area contributed by atoms with E-state index < -0.39 is 10.7 Å². The van der Waals surface area contributed by atoms with Crippen molar-refractivity contribution in [1.82, 2.24) is 4.98 Å². The molecule has 1 aliphatic carbocycles. The number of nitrogens with one attached hydrogen (secondary N) is 1. The van der Waals surface area contributed by atoms with Gasteiger partial charge in [0.15, 0.2) is 11.6 Å². The highest BCUT2D eigenvalue weighted by atomic mass is 16.6. The van der Waals surface area contributed by atoms with E-state index in [4.69, 9.17) is 0 Å². The lowest BCUT2D eigenvalue weighted by atomic mass is 9.90. The number of carbonyl (C=O) groups is 2. The lowest BCUT2D eigenvalue weighted by molar-refractivity contribution is -0.383. The number of nitrogens with zero attached hydrogens (tertiary/aromatic N) is 1. The summed E-state index contributed by atoms with van der Waals surface area (Å²) in [5, 5.41) is 12.5. The molecule has 1 heterocycles. The molecule has 0 aliphatic heterocycles. The maximum atomic E-state index is 12.2. The van der Waals surface area contributed by atoms with Crippen molar-refractivity contribution in [2.75, 3.05) is 0 Å². The summed E-state index contributed by atoms with van der Waals surface area (Å²) in [6.45, 7) is 0. The van der Waals surface area contributed by atoms with Crippen molar-refractivity contribution in [2.24, 2.45) is 0 Å². The predicted octanol–water partition coefficient (Wildman–Crippen LogP) is 3.16. The van der Waals surface area contributed by atoms with E-state index in [2.05, 4.69) is 4.98 Å². The summed E-state index contributed by atoms with van der Waals surface area (Å²) in [4.78, 5) is 38.1. The Morgan fingerprint density at radius 3 is 2.55 bits per heavy atom. The molecule has 0 saturated heterocycles. The first kappa shape index (κ1) is 12.5. The molecule has 22 heavy (non-hydrogen) atoms. The monoisotopic (exact) mass is 292 g/mol. The average molecular weight is 292 g/mol. The van der Waals surface area contributed by atoms with Gasteiger partial charge in [-0.3, -0.25) is 19.7 Å². The van der Waals surface area contributed by atoms with E-state index in [9.17, 15) is 19.7 Å². The van der Waals surface area contributed by atoms with Crippen LogP contribution in [-0.2, 0) is 0 Å². The zero-order valence-corrected chi connectivity index (χ0v) is 11.1. The molecule has 0 saturated carbocycles. The van der Waals surface area contributed by atoms with Crippen LogP contribution in [0.5, 0.6) is 0 Å². The molecule has 1 aliphatic rings. The Hall–Kier alpha value is -3.28. The number of rotatable bonds is 1. The van der Waals surface area contributed by atoms with Crippen LogP contribution >= 0.6 is 0 Å². The quantitative estimate of drug-likeness (QED) is 0.550. The molecule has 0 bridgehead atoms. The Morgan fingerprint density at radius 1 is 1.05 bits per heavy atom. The predicted molar refractivity (Wildman–Crippen MR) is 80.3 cm³/mol. The third-order valence-corrected chi connectivity index (χ3v) is 3.86. The van der Waals surface area contributed by atoms with Gasteiger partial charge in [-0.1, -0.05) is 18.2 Å². The standard InChI is InChI=1S/C16H8N2O4/c19-12-5-6-13(20)14-9(12)7-11(18(21)22)16-15(14)8-3-1-2-4-10(8)17-16/h1-7,17H. The number of non-ortho nitro benzene ring substituents is 1. The van der Waals surface area contributed by atoms with Crippen LogP contribution in [0.4, 0.5) is 5.69 Å². The maximum absolute atomic E-state index is 12.2. The number of aromatic amines is 1. The van der Waals surface area contributed by atoms with Crippen molar-refractivity contribution in [3.63, 3.8) is 0 Å². The third kappa shape index (κ3) is 1.49. The molecule has 2 aromatic carbocycles. The topological polar surface area (TPSA) is 93.1 Å². The fourth-order valence-electron chi connectivity index (χ4n) is 2.93. The Bertz CT molecular complexity index is 1040. The number of para-hydroxylation sites is 1. The number of allylic oxidation sites excluding steroid dienone is 2. The Balaban J connectivity index is 2.31. The van der Waals surface area contributed by atoms with Crippen molar-refractivity contribution in [3.05, 3.63) is 63.7 Å². The van der Waals surface area contributed by atoms with Gasteiger partial charge in [-0.15, -0.1) is 0 Å². The van der Waals surface area contributed by atoms with Crippen molar-refractivity contribution in [1.29, 1.82) is 0 Å². The number of H-pyrrole nitrogens is 1. The normalized spacial score (nSPS) is 13.8. The van der Waals surface area contributed by atoms with Crippen molar-refractivity contribution < 1.29 is 14.5 Å². The molecule has 1 aromatic heterocycles. The number of ketones is 2. The minimum Gasteiger partial charge on any atom is -0.349 e. The molecule has 6 nitrogen and oxygen atoms in total. The van der Waals surface area contributed by atoms with Crippen molar-refractivity contribution in [2.45, 2.75) is 0 Å². The molecule has 0 amide bonds. The smallest absolute Gasteiger partial charge is 0.294 e. The Morgan fingerprint density at radius 2 is 1.77 bits per heavy atom. The van der Waals surface area contributed by atoms with Gasteiger partial charge < -0.3 is 4.98 Å². The summed E-state index contributed by atoms with van der Waals surface area (Å²) in [5.41, 5.74) is 1.05. The van der Waals surface area contributed by atoms with Gasteiger partial charge in [0.2, 0.25) is 0 Å². The summed E-state index contributed by atoms with van der Waals surface area (Å²) in [5.74, 6) is -0.718. The highest BCUT2D eigenvalue weighted by molar-refractivity contribution is 6.31. The second-order valence-corrected chi connectivity index (χ2v) is 5.06. The van der Waals surface area contributed by atoms with Crippen LogP contribution in [0.2, 0.25) is 0 Å². The van der Waals surface area contributed by atoms with Gasteiger partial charge in [0.25, 0.3) is 5.69 Å². The number of aromatic nitrogens is 1. The minimum atomic E-state index is -0.548. The lowest BCUT2D eigenvalue weighted by Crippen LogP contribution is -2.12. The van der Waals surface area contributed by atoms with Gasteiger partial charge in [0.05, 0.1) is 4.92 Å². The van der Waals surface area contributed by atoms with Crippen LogP contribution in [-0.4, -0.2) is 21.5 Å². The van der Waals surface area contributed by atoms with Gasteiger partial charge in [-0.25, -0.2) is 0 Å². The van der Waals surface area contributed by atoms with E-state index in [0.29, 0.717) is 16.3 Å². The van der Waals surface area contributed by atoms with E-state index >= 15 is 0 Å². The highest BCUT2D eigenvalue weighted by Gasteiger charge is 2.29. The summed E-state index contributed by atoms with van der Waals surface area (Å²) < 4.78 is 0. The molecular weight excluding hydrogens is 284 g/mol. The highest BCUT2D eigenvalue weighted by Crippen LogP contribution is 2.38. The van der Waals surface area contributed by atoms with Crippen LogP contribution in [0.3, 0.4) is 0 Å². The molecule has 0 spiro atoms. The maximum Gasteiger partial charge on any atom is 0.294 e. The number of benzene rings is 2. The molecule has 1 N–H and O–H groups in total. The molecule has 0 fully saturated rings. The number of nitro groups is 1. The van der Waals surface area contributed by atoms with Crippen molar-refractivity contribution >= 4 is 39.1 Å². The van der Waals surface area contributed by atoms with E-state index in [1.807, 2.05) is 0 Å². The molecule has 0 radical (unpaired) electrons. The second-order valence-electron chi connectivity index (χ2n) is 5.06. The first-order valence-corrected chi connectivity index (χ1v) is 6.56. The molecular formula is C16H8N2O4. The number of hydrogen-bond acceptors (Lipinski definition) is 4. The van der Waals surface area contributed by atoms with Gasteiger partial charge in [0, 0.05) is 33.5 Å². The Labute approximate surface area is 123 Å². The first-order valence-electron chi connectivity index (χ1n) is 6.56. The van der Waals surface area contributed by atoms with Gasteiger partial charge in [0.1, 0.15) is 5.52 Å². The first-order chi connectivity index (χ1) is 10.6.